The number of aryl methyl sites for hydroxylation is 1. The fraction of sp³-hybridized carbons (Fsp3) is 0.286. The molecule has 0 spiro atoms. The molecule has 1 heterocycles. The van der Waals surface area contributed by atoms with E-state index in [4.69, 9.17) is 11.6 Å². The Hall–Kier alpha value is -0.770. The van der Waals surface area contributed by atoms with Crippen molar-refractivity contribution in [1.29, 1.82) is 0 Å². The lowest BCUT2D eigenvalue weighted by Crippen LogP contribution is -2.06. The van der Waals surface area contributed by atoms with Gasteiger partial charge in [-0.3, -0.25) is 4.98 Å². The van der Waals surface area contributed by atoms with E-state index in [2.05, 4.69) is 4.98 Å². The number of hydrogen-bond acceptors (Lipinski definition) is 1. The third kappa shape index (κ3) is 1.69. The van der Waals surface area contributed by atoms with Crippen LogP contribution < -0.4 is 0 Å². The van der Waals surface area contributed by atoms with Crippen molar-refractivity contribution in [1.82, 2.24) is 4.98 Å². The molecule has 0 unspecified atom stereocenters. The second-order valence-electron chi connectivity index (χ2n) is 2.26. The van der Waals surface area contributed by atoms with Crippen LogP contribution in [0, 0.1) is 6.92 Å². The summed E-state index contributed by atoms with van der Waals surface area (Å²) in [7, 11) is 0. The highest BCUT2D eigenvalue weighted by Gasteiger charge is 2.33. The molecule has 1 aromatic heterocycles. The predicted molar refractivity (Wildman–Crippen MR) is 39.0 cm³/mol. The first-order valence-electron chi connectivity index (χ1n) is 3.11. The third-order valence-electron chi connectivity index (χ3n) is 1.37. The quantitative estimate of drug-likeness (QED) is 0.620. The molecule has 0 amide bonds. The molecular formula is C7H5ClF3N. The molecule has 0 radical (unpaired) electrons. The monoisotopic (exact) mass is 195 g/mol. The zero-order chi connectivity index (χ0) is 9.35. The molecule has 1 aromatic rings. The van der Waals surface area contributed by atoms with Crippen LogP contribution in [0.4, 0.5) is 13.2 Å². The molecular weight excluding hydrogens is 191 g/mol. The van der Waals surface area contributed by atoms with Crippen LogP contribution in [0.3, 0.4) is 0 Å². The van der Waals surface area contributed by atoms with E-state index in [1.807, 2.05) is 0 Å². The fourth-order valence-corrected chi connectivity index (χ4v) is 0.986. The van der Waals surface area contributed by atoms with E-state index >= 15 is 0 Å². The zero-order valence-electron chi connectivity index (χ0n) is 6.11. The summed E-state index contributed by atoms with van der Waals surface area (Å²) in [6.07, 6.45) is -3.31. The lowest BCUT2D eigenvalue weighted by Gasteiger charge is -2.08. The molecule has 0 N–H and O–H groups in total. The van der Waals surface area contributed by atoms with E-state index in [-0.39, 0.29) is 10.7 Å². The van der Waals surface area contributed by atoms with Crippen molar-refractivity contribution < 1.29 is 13.2 Å². The minimum absolute atomic E-state index is 0.187. The predicted octanol–water partition coefficient (Wildman–Crippen LogP) is 3.06. The fourth-order valence-electron chi connectivity index (χ4n) is 0.767. The summed E-state index contributed by atoms with van der Waals surface area (Å²) in [5, 5.41) is -0.329. The normalized spacial score (nSPS) is 11.8. The van der Waals surface area contributed by atoms with Gasteiger partial charge in [-0.15, -0.1) is 0 Å². The summed E-state index contributed by atoms with van der Waals surface area (Å²) in [6, 6.07) is 0.856. The van der Waals surface area contributed by atoms with Gasteiger partial charge in [0.15, 0.2) is 0 Å². The molecule has 0 aromatic carbocycles. The van der Waals surface area contributed by atoms with Crippen LogP contribution in [-0.2, 0) is 6.18 Å². The Labute approximate surface area is 72.2 Å². The molecule has 5 heteroatoms. The van der Waals surface area contributed by atoms with Crippen LogP contribution in [0.25, 0.3) is 0 Å². The van der Waals surface area contributed by atoms with E-state index in [1.54, 1.807) is 0 Å². The number of alkyl halides is 3. The van der Waals surface area contributed by atoms with E-state index < -0.39 is 11.7 Å². The molecule has 0 saturated carbocycles. The summed E-state index contributed by atoms with van der Waals surface area (Å²) < 4.78 is 36.3. The van der Waals surface area contributed by atoms with Crippen LogP contribution in [0.2, 0.25) is 5.02 Å². The topological polar surface area (TPSA) is 12.9 Å². The summed E-state index contributed by atoms with van der Waals surface area (Å²) >= 11 is 5.40. The average molecular weight is 196 g/mol. The highest BCUT2D eigenvalue weighted by molar-refractivity contribution is 6.32. The van der Waals surface area contributed by atoms with Crippen LogP contribution in [0.15, 0.2) is 12.3 Å². The van der Waals surface area contributed by atoms with E-state index in [1.165, 1.54) is 6.92 Å². The molecule has 0 aliphatic heterocycles. The number of aromatic nitrogens is 1. The summed E-state index contributed by atoms with van der Waals surface area (Å²) in [5.74, 6) is 0. The summed E-state index contributed by atoms with van der Waals surface area (Å²) in [5.41, 5.74) is -0.650. The minimum Gasteiger partial charge on any atom is -0.260 e. The van der Waals surface area contributed by atoms with Crippen LogP contribution >= 0.6 is 11.6 Å². The van der Waals surface area contributed by atoms with Gasteiger partial charge in [-0.1, -0.05) is 11.6 Å². The van der Waals surface area contributed by atoms with Gasteiger partial charge < -0.3 is 0 Å². The smallest absolute Gasteiger partial charge is 0.260 e. The van der Waals surface area contributed by atoms with Crippen molar-refractivity contribution in [2.45, 2.75) is 13.1 Å². The molecule has 0 aliphatic rings. The maximum atomic E-state index is 12.1. The maximum Gasteiger partial charge on any atom is 0.417 e. The van der Waals surface area contributed by atoms with Gasteiger partial charge in [0.2, 0.25) is 0 Å². The van der Waals surface area contributed by atoms with Gasteiger partial charge in [0.05, 0.1) is 16.3 Å². The van der Waals surface area contributed by atoms with Gasteiger partial charge in [0, 0.05) is 6.20 Å². The Morgan fingerprint density at radius 3 is 2.42 bits per heavy atom. The van der Waals surface area contributed by atoms with Crippen LogP contribution in [0.5, 0.6) is 0 Å². The maximum absolute atomic E-state index is 12.1. The lowest BCUT2D eigenvalue weighted by molar-refractivity contribution is -0.137. The van der Waals surface area contributed by atoms with Gasteiger partial charge in [0.25, 0.3) is 0 Å². The van der Waals surface area contributed by atoms with Crippen LogP contribution in [-0.4, -0.2) is 4.98 Å². The van der Waals surface area contributed by atoms with Gasteiger partial charge in [-0.05, 0) is 13.0 Å². The lowest BCUT2D eigenvalue weighted by atomic mass is 10.2. The number of hydrogen-bond donors (Lipinski definition) is 0. The largest absolute Gasteiger partial charge is 0.417 e. The van der Waals surface area contributed by atoms with E-state index in [0.29, 0.717) is 0 Å². The van der Waals surface area contributed by atoms with Crippen LogP contribution in [0.1, 0.15) is 11.3 Å². The SMILES string of the molecule is Cc1nccc(C(F)(F)F)c1Cl. The second kappa shape index (κ2) is 2.94. The van der Waals surface area contributed by atoms with Crippen molar-refractivity contribution in [2.24, 2.45) is 0 Å². The second-order valence-corrected chi connectivity index (χ2v) is 2.63. The molecule has 0 saturated heterocycles. The number of pyridine rings is 1. The Balaban J connectivity index is 3.26. The average Bonchev–Trinajstić information content (AvgIpc) is 1.92. The molecule has 1 nitrogen and oxygen atoms in total. The van der Waals surface area contributed by atoms with Crippen molar-refractivity contribution in [3.8, 4) is 0 Å². The highest BCUT2D eigenvalue weighted by atomic mass is 35.5. The molecule has 66 valence electrons. The van der Waals surface area contributed by atoms with Crippen molar-refractivity contribution >= 4 is 11.6 Å². The Morgan fingerprint density at radius 2 is 2.00 bits per heavy atom. The van der Waals surface area contributed by atoms with Crippen molar-refractivity contribution in [3.63, 3.8) is 0 Å². The Bertz CT molecular complexity index is 295. The first-order chi connectivity index (χ1) is 5.43. The molecule has 1 rings (SSSR count). The molecule has 0 bridgehead atoms. The standard InChI is InChI=1S/C7H5ClF3N/c1-4-6(8)5(2-3-12-4)7(9,10)11/h2-3H,1H3. The van der Waals surface area contributed by atoms with Gasteiger partial charge in [0.1, 0.15) is 0 Å². The Kier molecular flexibility index (Phi) is 2.28. The van der Waals surface area contributed by atoms with Gasteiger partial charge >= 0.3 is 6.18 Å². The Morgan fingerprint density at radius 1 is 1.42 bits per heavy atom. The summed E-state index contributed by atoms with van der Waals surface area (Å²) in [4.78, 5) is 3.62. The summed E-state index contributed by atoms with van der Waals surface area (Å²) in [6.45, 7) is 1.43. The molecule has 0 atom stereocenters. The van der Waals surface area contributed by atoms with E-state index in [0.717, 1.165) is 12.3 Å². The van der Waals surface area contributed by atoms with Gasteiger partial charge in [-0.2, -0.15) is 13.2 Å². The minimum atomic E-state index is -4.40. The number of halogens is 4. The number of nitrogens with zero attached hydrogens (tertiary/aromatic N) is 1. The molecule has 0 fully saturated rings. The van der Waals surface area contributed by atoms with Crippen molar-refractivity contribution in [2.75, 3.05) is 0 Å². The van der Waals surface area contributed by atoms with E-state index in [9.17, 15) is 13.2 Å². The van der Waals surface area contributed by atoms with Crippen molar-refractivity contribution in [3.05, 3.63) is 28.5 Å². The zero-order valence-corrected chi connectivity index (χ0v) is 6.87. The third-order valence-corrected chi connectivity index (χ3v) is 1.85. The van der Waals surface area contributed by atoms with Gasteiger partial charge in [-0.25, -0.2) is 0 Å². The number of rotatable bonds is 0. The first kappa shape index (κ1) is 9.32. The highest BCUT2D eigenvalue weighted by Crippen LogP contribution is 2.34. The molecule has 12 heavy (non-hydrogen) atoms. The molecule has 0 aliphatic carbocycles. The first-order valence-corrected chi connectivity index (χ1v) is 3.49.